The molecule has 0 N–H and O–H groups in total. The predicted molar refractivity (Wildman–Crippen MR) is 104 cm³/mol. The average Bonchev–Trinajstić information content (AvgIpc) is 2.60. The highest BCUT2D eigenvalue weighted by Gasteiger charge is 2.10. The lowest BCUT2D eigenvalue weighted by Gasteiger charge is -2.11. The number of rotatable bonds is 13. The molecule has 1 rings (SSSR count). The van der Waals surface area contributed by atoms with Gasteiger partial charge in [-0.2, -0.15) is 0 Å². The molecule has 0 aliphatic rings. The van der Waals surface area contributed by atoms with Crippen molar-refractivity contribution < 1.29 is 14.3 Å². The molecule has 1 aromatic carbocycles. The molecule has 0 spiro atoms. The Balaban J connectivity index is 2.56. The van der Waals surface area contributed by atoms with Gasteiger partial charge < -0.3 is 9.47 Å². The van der Waals surface area contributed by atoms with Crippen LogP contribution in [0.5, 0.6) is 0 Å². The summed E-state index contributed by atoms with van der Waals surface area (Å²) < 4.78 is 10.9. The summed E-state index contributed by atoms with van der Waals surface area (Å²) in [7, 11) is 0. The summed E-state index contributed by atoms with van der Waals surface area (Å²) in [5.41, 5.74) is 3.17. The summed E-state index contributed by atoms with van der Waals surface area (Å²) >= 11 is 0. The molecule has 0 bridgehead atoms. The monoisotopic (exact) mass is 348 g/mol. The van der Waals surface area contributed by atoms with Gasteiger partial charge in [-0.15, -0.1) is 0 Å². The van der Waals surface area contributed by atoms with Gasteiger partial charge in [0.1, 0.15) is 6.61 Å². The Morgan fingerprint density at radius 2 is 1.52 bits per heavy atom. The zero-order valence-corrected chi connectivity index (χ0v) is 16.6. The van der Waals surface area contributed by atoms with E-state index >= 15 is 0 Å². The molecule has 0 atom stereocenters. The lowest BCUT2D eigenvalue weighted by atomic mass is 9.99. The molecular formula is C22H36O3. The minimum absolute atomic E-state index is 0.233. The smallest absolute Gasteiger partial charge is 0.338 e. The van der Waals surface area contributed by atoms with Gasteiger partial charge in [-0.05, 0) is 61.3 Å². The first-order valence-electron chi connectivity index (χ1n) is 9.94. The molecule has 0 heterocycles. The Morgan fingerprint density at radius 3 is 2.04 bits per heavy atom. The molecule has 0 saturated heterocycles. The van der Waals surface area contributed by atoms with Gasteiger partial charge in [0.05, 0.1) is 12.2 Å². The highest BCUT2D eigenvalue weighted by Crippen LogP contribution is 2.16. The van der Waals surface area contributed by atoms with Gasteiger partial charge in [-0.25, -0.2) is 4.79 Å². The SMILES string of the molecule is CCCCc1cc(CCCC)cc(C(=O)OCCOCCC(C)C)c1. The van der Waals surface area contributed by atoms with Crippen LogP contribution in [0.4, 0.5) is 0 Å². The van der Waals surface area contributed by atoms with Crippen molar-refractivity contribution in [1.82, 2.24) is 0 Å². The highest BCUT2D eigenvalue weighted by molar-refractivity contribution is 5.89. The van der Waals surface area contributed by atoms with Crippen molar-refractivity contribution in [3.05, 3.63) is 34.9 Å². The summed E-state index contributed by atoms with van der Waals surface area (Å²) in [6, 6.07) is 6.23. The normalized spacial score (nSPS) is 11.1. The van der Waals surface area contributed by atoms with Crippen LogP contribution < -0.4 is 0 Å². The van der Waals surface area contributed by atoms with Crippen LogP contribution in [0.1, 0.15) is 81.3 Å². The largest absolute Gasteiger partial charge is 0.460 e. The maximum Gasteiger partial charge on any atom is 0.338 e. The van der Waals surface area contributed by atoms with E-state index in [1.807, 2.05) is 12.1 Å². The molecule has 3 nitrogen and oxygen atoms in total. The van der Waals surface area contributed by atoms with Crippen LogP contribution in [0.3, 0.4) is 0 Å². The Labute approximate surface area is 154 Å². The minimum Gasteiger partial charge on any atom is -0.460 e. The second-order valence-electron chi connectivity index (χ2n) is 7.18. The van der Waals surface area contributed by atoms with Crippen molar-refractivity contribution in [2.45, 2.75) is 72.6 Å². The second kappa shape index (κ2) is 12.9. The number of carbonyl (C=O) groups excluding carboxylic acids is 1. The van der Waals surface area contributed by atoms with Gasteiger partial charge in [-0.1, -0.05) is 46.6 Å². The van der Waals surface area contributed by atoms with Crippen LogP contribution in [0.25, 0.3) is 0 Å². The number of ether oxygens (including phenoxy) is 2. The molecule has 25 heavy (non-hydrogen) atoms. The summed E-state index contributed by atoms with van der Waals surface area (Å²) in [4.78, 5) is 12.4. The van der Waals surface area contributed by atoms with Gasteiger partial charge in [0, 0.05) is 6.61 Å². The van der Waals surface area contributed by atoms with Crippen molar-refractivity contribution in [3.8, 4) is 0 Å². The Hall–Kier alpha value is -1.35. The van der Waals surface area contributed by atoms with E-state index < -0.39 is 0 Å². The van der Waals surface area contributed by atoms with E-state index in [4.69, 9.17) is 9.47 Å². The number of benzene rings is 1. The number of aryl methyl sites for hydroxylation is 2. The first-order valence-corrected chi connectivity index (χ1v) is 9.94. The van der Waals surface area contributed by atoms with E-state index in [0.29, 0.717) is 24.7 Å². The summed E-state index contributed by atoms with van der Waals surface area (Å²) in [5.74, 6) is 0.401. The average molecular weight is 349 g/mol. The first kappa shape index (κ1) is 21.7. The molecule has 0 fully saturated rings. The number of hydrogen-bond donors (Lipinski definition) is 0. The van der Waals surface area contributed by atoms with Crippen molar-refractivity contribution >= 4 is 5.97 Å². The quantitative estimate of drug-likeness (QED) is 0.344. The fraction of sp³-hybridized carbons (Fsp3) is 0.682. The summed E-state index contributed by atoms with van der Waals surface area (Å²) in [6.45, 7) is 10.2. The van der Waals surface area contributed by atoms with Gasteiger partial charge in [0.2, 0.25) is 0 Å². The van der Waals surface area contributed by atoms with Crippen molar-refractivity contribution in [1.29, 1.82) is 0 Å². The van der Waals surface area contributed by atoms with Crippen LogP contribution >= 0.6 is 0 Å². The van der Waals surface area contributed by atoms with Crippen LogP contribution in [-0.2, 0) is 22.3 Å². The number of unbranched alkanes of at least 4 members (excludes halogenated alkanes) is 2. The third kappa shape index (κ3) is 9.64. The molecular weight excluding hydrogens is 312 g/mol. The first-order chi connectivity index (χ1) is 12.1. The van der Waals surface area contributed by atoms with Gasteiger partial charge in [-0.3, -0.25) is 0 Å². The van der Waals surface area contributed by atoms with Gasteiger partial charge in [0.25, 0.3) is 0 Å². The molecule has 3 heteroatoms. The van der Waals surface area contributed by atoms with Gasteiger partial charge >= 0.3 is 5.97 Å². The summed E-state index contributed by atoms with van der Waals surface area (Å²) in [6.07, 6.45) is 7.70. The van der Waals surface area contributed by atoms with E-state index in [1.165, 1.54) is 11.1 Å². The zero-order chi connectivity index (χ0) is 18.5. The van der Waals surface area contributed by atoms with Gasteiger partial charge in [0.15, 0.2) is 0 Å². The topological polar surface area (TPSA) is 35.5 Å². The molecule has 0 amide bonds. The zero-order valence-electron chi connectivity index (χ0n) is 16.6. The molecule has 1 aromatic rings. The number of esters is 1. The minimum atomic E-state index is -0.233. The highest BCUT2D eigenvalue weighted by atomic mass is 16.6. The van der Waals surface area contributed by atoms with E-state index in [9.17, 15) is 4.79 Å². The maximum absolute atomic E-state index is 12.4. The lowest BCUT2D eigenvalue weighted by molar-refractivity contribution is 0.0303. The third-order valence-corrected chi connectivity index (χ3v) is 4.23. The maximum atomic E-state index is 12.4. The Morgan fingerprint density at radius 1 is 0.920 bits per heavy atom. The second-order valence-corrected chi connectivity index (χ2v) is 7.18. The predicted octanol–water partition coefficient (Wildman–Crippen LogP) is 5.59. The van der Waals surface area contributed by atoms with Crippen LogP contribution in [0, 0.1) is 5.92 Å². The fourth-order valence-electron chi connectivity index (χ4n) is 2.63. The van der Waals surface area contributed by atoms with Crippen molar-refractivity contribution in [3.63, 3.8) is 0 Å². The van der Waals surface area contributed by atoms with E-state index in [2.05, 4.69) is 33.8 Å². The Kier molecular flexibility index (Phi) is 11.2. The molecule has 0 aromatic heterocycles. The van der Waals surface area contributed by atoms with Crippen LogP contribution in [0.2, 0.25) is 0 Å². The molecule has 0 unspecified atom stereocenters. The fourth-order valence-corrected chi connectivity index (χ4v) is 2.63. The molecule has 0 saturated carbocycles. The standard InChI is InChI=1S/C22H36O3/c1-5-7-9-19-15-20(10-8-6-2)17-21(16-19)22(23)25-14-13-24-12-11-18(3)4/h15-18H,5-14H2,1-4H3. The number of carbonyl (C=O) groups is 1. The van der Waals surface area contributed by atoms with Crippen LogP contribution in [-0.4, -0.2) is 25.8 Å². The lowest BCUT2D eigenvalue weighted by Crippen LogP contribution is -2.12. The summed E-state index contributed by atoms with van der Waals surface area (Å²) in [5, 5.41) is 0. The van der Waals surface area contributed by atoms with Crippen molar-refractivity contribution in [2.75, 3.05) is 19.8 Å². The van der Waals surface area contributed by atoms with Crippen molar-refractivity contribution in [2.24, 2.45) is 5.92 Å². The van der Waals surface area contributed by atoms with E-state index in [-0.39, 0.29) is 5.97 Å². The molecule has 0 aliphatic heterocycles. The molecule has 0 radical (unpaired) electrons. The third-order valence-electron chi connectivity index (χ3n) is 4.23. The Bertz CT molecular complexity index is 468. The molecule has 142 valence electrons. The molecule has 0 aliphatic carbocycles. The number of hydrogen-bond acceptors (Lipinski definition) is 3. The van der Waals surface area contributed by atoms with Crippen LogP contribution in [0.15, 0.2) is 18.2 Å². The van der Waals surface area contributed by atoms with E-state index in [1.54, 1.807) is 0 Å². The van der Waals surface area contributed by atoms with E-state index in [0.717, 1.165) is 51.6 Å².